The van der Waals surface area contributed by atoms with E-state index in [4.69, 9.17) is 4.74 Å². The molecule has 0 bridgehead atoms. The van der Waals surface area contributed by atoms with Gasteiger partial charge in [0.1, 0.15) is 17.5 Å². The first-order valence-corrected chi connectivity index (χ1v) is 10.0. The summed E-state index contributed by atoms with van der Waals surface area (Å²) in [6.45, 7) is 2.62. The second-order valence-corrected chi connectivity index (χ2v) is 8.23. The zero-order chi connectivity index (χ0) is 20.9. The molecule has 0 radical (unpaired) electrons. The molecule has 3 atom stereocenters. The van der Waals surface area contributed by atoms with Crippen LogP contribution in [0.4, 0.5) is 15.8 Å². The van der Waals surface area contributed by atoms with E-state index < -0.39 is 18.0 Å². The van der Waals surface area contributed by atoms with E-state index in [0.29, 0.717) is 48.6 Å². The van der Waals surface area contributed by atoms with E-state index in [0.717, 1.165) is 11.3 Å². The molecule has 3 N–H and O–H groups in total. The normalized spacial score (nSPS) is 24.1. The van der Waals surface area contributed by atoms with Crippen LogP contribution in [-0.4, -0.2) is 56.3 Å². The van der Waals surface area contributed by atoms with Gasteiger partial charge >= 0.3 is 0 Å². The Balaban J connectivity index is 1.51. The number of halogens is 1. The SMILES string of the molecule is C[C@]1(CO)Cc2cc(NC(O)c3cnn4cccnc34)c(N3CC[C@H](F)C3)cc2O1. The summed E-state index contributed by atoms with van der Waals surface area (Å²) in [6, 6.07) is 5.55. The molecule has 158 valence electrons. The van der Waals surface area contributed by atoms with Crippen molar-refractivity contribution in [3.05, 3.63) is 47.9 Å². The number of nitrogens with zero attached hydrogens (tertiary/aromatic N) is 4. The molecule has 0 spiro atoms. The van der Waals surface area contributed by atoms with E-state index in [1.165, 1.54) is 0 Å². The number of rotatable bonds is 5. The number of hydrogen-bond acceptors (Lipinski definition) is 7. The van der Waals surface area contributed by atoms with E-state index in [1.54, 1.807) is 29.2 Å². The molecule has 0 aliphatic carbocycles. The smallest absolute Gasteiger partial charge is 0.162 e. The van der Waals surface area contributed by atoms with Crippen LogP contribution < -0.4 is 15.0 Å². The molecule has 5 rings (SSSR count). The van der Waals surface area contributed by atoms with Crippen LogP contribution in [0.3, 0.4) is 0 Å². The van der Waals surface area contributed by atoms with Gasteiger partial charge in [-0.2, -0.15) is 5.10 Å². The molecule has 8 nitrogen and oxygen atoms in total. The number of aliphatic hydroxyl groups excluding tert-OH is 2. The van der Waals surface area contributed by atoms with Crippen LogP contribution in [0.15, 0.2) is 36.8 Å². The third kappa shape index (κ3) is 3.23. The molecule has 2 aliphatic heterocycles. The monoisotopic (exact) mass is 413 g/mol. The maximum absolute atomic E-state index is 13.9. The lowest BCUT2D eigenvalue weighted by molar-refractivity contribution is 0.0447. The predicted octanol–water partition coefficient (Wildman–Crippen LogP) is 2.07. The van der Waals surface area contributed by atoms with Gasteiger partial charge in [0.25, 0.3) is 0 Å². The van der Waals surface area contributed by atoms with E-state index in [2.05, 4.69) is 15.4 Å². The molecule has 2 aliphatic rings. The second-order valence-electron chi connectivity index (χ2n) is 8.23. The fraction of sp³-hybridized carbons (Fsp3) is 0.429. The quantitative estimate of drug-likeness (QED) is 0.551. The number of fused-ring (bicyclic) bond motifs is 2. The molecule has 0 saturated carbocycles. The van der Waals surface area contributed by atoms with Crippen LogP contribution in [0.5, 0.6) is 5.75 Å². The molecule has 2 aromatic heterocycles. The molecule has 1 fully saturated rings. The minimum Gasteiger partial charge on any atom is -0.484 e. The minimum absolute atomic E-state index is 0.104. The zero-order valence-electron chi connectivity index (χ0n) is 16.6. The van der Waals surface area contributed by atoms with Gasteiger partial charge < -0.3 is 25.2 Å². The van der Waals surface area contributed by atoms with Crippen molar-refractivity contribution in [2.24, 2.45) is 0 Å². The van der Waals surface area contributed by atoms with Gasteiger partial charge in [-0.15, -0.1) is 0 Å². The summed E-state index contributed by atoms with van der Waals surface area (Å²) in [5.74, 6) is 0.682. The lowest BCUT2D eigenvalue weighted by Gasteiger charge is -2.25. The fourth-order valence-electron chi connectivity index (χ4n) is 4.22. The van der Waals surface area contributed by atoms with Crippen molar-refractivity contribution in [2.75, 3.05) is 29.9 Å². The minimum atomic E-state index is -1.05. The van der Waals surface area contributed by atoms with E-state index in [9.17, 15) is 14.6 Å². The van der Waals surface area contributed by atoms with Crippen molar-refractivity contribution in [2.45, 2.75) is 37.8 Å². The number of aliphatic hydroxyl groups is 2. The molecule has 1 unspecified atom stereocenters. The molecule has 1 aromatic carbocycles. The first-order chi connectivity index (χ1) is 14.5. The summed E-state index contributed by atoms with van der Waals surface area (Å²) in [7, 11) is 0. The zero-order valence-corrected chi connectivity index (χ0v) is 16.6. The first-order valence-electron chi connectivity index (χ1n) is 10.0. The van der Waals surface area contributed by atoms with E-state index in [1.807, 2.05) is 24.0 Å². The number of benzene rings is 1. The Morgan fingerprint density at radius 3 is 3.07 bits per heavy atom. The highest BCUT2D eigenvalue weighted by atomic mass is 19.1. The van der Waals surface area contributed by atoms with Crippen molar-refractivity contribution in [3.63, 3.8) is 0 Å². The van der Waals surface area contributed by atoms with Gasteiger partial charge in [0.15, 0.2) is 11.9 Å². The number of ether oxygens (including phenoxy) is 1. The Morgan fingerprint density at radius 2 is 2.30 bits per heavy atom. The summed E-state index contributed by atoms with van der Waals surface area (Å²) >= 11 is 0. The third-order valence-electron chi connectivity index (χ3n) is 5.80. The summed E-state index contributed by atoms with van der Waals surface area (Å²) < 4.78 is 21.5. The van der Waals surface area contributed by atoms with Gasteiger partial charge in [-0.05, 0) is 25.5 Å². The molecular weight excluding hydrogens is 389 g/mol. The Hall–Kier alpha value is -2.91. The van der Waals surface area contributed by atoms with Crippen LogP contribution in [0.2, 0.25) is 0 Å². The lowest BCUT2D eigenvalue weighted by atomic mass is 9.99. The Labute approximate surface area is 172 Å². The molecule has 9 heteroatoms. The van der Waals surface area contributed by atoms with Gasteiger partial charge in [-0.25, -0.2) is 13.9 Å². The molecule has 0 amide bonds. The maximum Gasteiger partial charge on any atom is 0.162 e. The van der Waals surface area contributed by atoms with E-state index >= 15 is 0 Å². The molecule has 3 aromatic rings. The highest BCUT2D eigenvalue weighted by Crippen LogP contribution is 2.43. The lowest BCUT2D eigenvalue weighted by Crippen LogP contribution is -2.34. The average molecular weight is 413 g/mol. The van der Waals surface area contributed by atoms with Crippen molar-refractivity contribution in [3.8, 4) is 5.75 Å². The highest BCUT2D eigenvalue weighted by Gasteiger charge is 2.36. The van der Waals surface area contributed by atoms with Gasteiger partial charge in [-0.1, -0.05) is 0 Å². The second kappa shape index (κ2) is 7.10. The van der Waals surface area contributed by atoms with Crippen LogP contribution in [0.1, 0.15) is 30.7 Å². The summed E-state index contributed by atoms with van der Waals surface area (Å²) in [5, 5.41) is 28.0. The van der Waals surface area contributed by atoms with Crippen molar-refractivity contribution in [1.29, 1.82) is 0 Å². The Bertz CT molecular complexity index is 1090. The molecule has 4 heterocycles. The predicted molar refractivity (Wildman–Crippen MR) is 110 cm³/mol. The number of nitrogens with one attached hydrogen (secondary N) is 1. The summed E-state index contributed by atoms with van der Waals surface area (Å²) in [5.41, 5.74) is 2.79. The van der Waals surface area contributed by atoms with Gasteiger partial charge in [-0.3, -0.25) is 0 Å². The topological polar surface area (TPSA) is 95.1 Å². The van der Waals surface area contributed by atoms with Crippen molar-refractivity contribution >= 4 is 17.0 Å². The van der Waals surface area contributed by atoms with Crippen LogP contribution in [-0.2, 0) is 6.42 Å². The van der Waals surface area contributed by atoms with Gasteiger partial charge in [0.05, 0.1) is 29.7 Å². The summed E-state index contributed by atoms with van der Waals surface area (Å²) in [4.78, 5) is 6.25. The highest BCUT2D eigenvalue weighted by molar-refractivity contribution is 5.75. The molecule has 30 heavy (non-hydrogen) atoms. The first kappa shape index (κ1) is 19.1. The number of alkyl halides is 1. The average Bonchev–Trinajstić information content (AvgIpc) is 3.43. The number of anilines is 2. The molecule has 1 saturated heterocycles. The van der Waals surface area contributed by atoms with Crippen molar-refractivity contribution in [1.82, 2.24) is 14.6 Å². The van der Waals surface area contributed by atoms with Crippen LogP contribution >= 0.6 is 0 Å². The number of hydrogen-bond donors (Lipinski definition) is 3. The number of aromatic nitrogens is 3. The van der Waals surface area contributed by atoms with Crippen LogP contribution in [0.25, 0.3) is 5.65 Å². The van der Waals surface area contributed by atoms with Crippen molar-refractivity contribution < 1.29 is 19.3 Å². The van der Waals surface area contributed by atoms with Crippen LogP contribution in [0, 0.1) is 0 Å². The Kier molecular flexibility index (Phi) is 4.52. The molecular formula is C21H24FN5O3. The largest absolute Gasteiger partial charge is 0.484 e. The van der Waals surface area contributed by atoms with Gasteiger partial charge in [0, 0.05) is 43.5 Å². The van der Waals surface area contributed by atoms with E-state index in [-0.39, 0.29) is 6.61 Å². The standard InChI is InChI=1S/C21H24FN5O3/c1-21(12-28)9-13-7-16(17(8-18(13)30-21)26-6-3-14(22)11-26)25-20(29)15-10-24-27-5-2-4-23-19(15)27/h2,4-5,7-8,10,14,20,25,28-29H,3,6,9,11-12H2,1H3/t14-,20?,21+/m0/s1. The third-order valence-corrected chi connectivity index (χ3v) is 5.80. The fourth-order valence-corrected chi connectivity index (χ4v) is 4.22. The summed E-state index contributed by atoms with van der Waals surface area (Å²) in [6.07, 6.45) is 4.06. The Morgan fingerprint density at radius 1 is 1.43 bits per heavy atom. The maximum atomic E-state index is 13.9. The van der Waals surface area contributed by atoms with Gasteiger partial charge in [0.2, 0.25) is 0 Å².